The number of aldehydes is 1. The van der Waals surface area contributed by atoms with Crippen LogP contribution in [0.3, 0.4) is 0 Å². The SMILES string of the molecule is O=Cc1cncc(C(O)C(O)CCCl)c1. The van der Waals surface area contributed by atoms with E-state index >= 15 is 0 Å². The van der Waals surface area contributed by atoms with E-state index in [1.165, 1.54) is 18.5 Å². The molecule has 0 bridgehead atoms. The Kier molecular flexibility index (Phi) is 4.68. The van der Waals surface area contributed by atoms with Crippen molar-refractivity contribution >= 4 is 17.9 Å². The van der Waals surface area contributed by atoms with Crippen molar-refractivity contribution in [2.24, 2.45) is 0 Å². The van der Waals surface area contributed by atoms with E-state index in [9.17, 15) is 15.0 Å². The maximum absolute atomic E-state index is 10.5. The van der Waals surface area contributed by atoms with Crippen molar-refractivity contribution in [3.05, 3.63) is 29.6 Å². The fourth-order valence-electron chi connectivity index (χ4n) is 1.19. The second-order valence-electron chi connectivity index (χ2n) is 3.16. The van der Waals surface area contributed by atoms with Gasteiger partial charge in [0.05, 0.1) is 6.10 Å². The summed E-state index contributed by atoms with van der Waals surface area (Å²) in [5.41, 5.74) is 0.779. The van der Waals surface area contributed by atoms with E-state index in [-0.39, 0.29) is 12.3 Å². The summed E-state index contributed by atoms with van der Waals surface area (Å²) >= 11 is 5.44. The van der Waals surface area contributed by atoms with Crippen LogP contribution in [-0.4, -0.2) is 33.5 Å². The molecule has 4 nitrogen and oxygen atoms in total. The topological polar surface area (TPSA) is 70.4 Å². The van der Waals surface area contributed by atoms with Crippen LogP contribution in [-0.2, 0) is 0 Å². The summed E-state index contributed by atoms with van der Waals surface area (Å²) in [6.07, 6.45) is 1.72. The van der Waals surface area contributed by atoms with E-state index in [2.05, 4.69) is 4.98 Å². The number of halogens is 1. The largest absolute Gasteiger partial charge is 0.390 e. The minimum Gasteiger partial charge on any atom is -0.390 e. The van der Waals surface area contributed by atoms with E-state index in [1.54, 1.807) is 0 Å². The van der Waals surface area contributed by atoms with Gasteiger partial charge in [0.15, 0.2) is 6.29 Å². The zero-order valence-corrected chi connectivity index (χ0v) is 8.76. The van der Waals surface area contributed by atoms with Crippen molar-refractivity contribution in [1.82, 2.24) is 4.98 Å². The summed E-state index contributed by atoms with van der Waals surface area (Å²) in [5.74, 6) is 0.263. The molecule has 0 aliphatic carbocycles. The highest BCUT2D eigenvalue weighted by molar-refractivity contribution is 6.17. The second-order valence-corrected chi connectivity index (χ2v) is 3.54. The van der Waals surface area contributed by atoms with Crippen LogP contribution in [0.25, 0.3) is 0 Å². The van der Waals surface area contributed by atoms with Crippen LogP contribution >= 0.6 is 11.6 Å². The van der Waals surface area contributed by atoms with Crippen LogP contribution < -0.4 is 0 Å². The van der Waals surface area contributed by atoms with E-state index in [0.29, 0.717) is 17.4 Å². The number of aliphatic hydroxyl groups is 2. The Bertz CT molecular complexity index is 332. The monoisotopic (exact) mass is 229 g/mol. The second kappa shape index (κ2) is 5.80. The molecule has 1 rings (SSSR count). The predicted molar refractivity (Wildman–Crippen MR) is 55.9 cm³/mol. The lowest BCUT2D eigenvalue weighted by atomic mass is 10.0. The first-order valence-corrected chi connectivity index (χ1v) is 5.04. The van der Waals surface area contributed by atoms with Gasteiger partial charge in [-0.1, -0.05) is 0 Å². The molecule has 2 atom stereocenters. The van der Waals surface area contributed by atoms with E-state index in [4.69, 9.17) is 11.6 Å². The quantitative estimate of drug-likeness (QED) is 0.582. The average molecular weight is 230 g/mol. The van der Waals surface area contributed by atoms with Gasteiger partial charge in [0.25, 0.3) is 0 Å². The molecule has 1 heterocycles. The van der Waals surface area contributed by atoms with E-state index in [0.717, 1.165) is 0 Å². The van der Waals surface area contributed by atoms with E-state index < -0.39 is 12.2 Å². The third-order valence-electron chi connectivity index (χ3n) is 2.03. The van der Waals surface area contributed by atoms with Crippen molar-refractivity contribution in [2.45, 2.75) is 18.6 Å². The number of nitrogens with zero attached hydrogens (tertiary/aromatic N) is 1. The molecule has 82 valence electrons. The lowest BCUT2D eigenvalue weighted by Crippen LogP contribution is -2.19. The molecule has 1 aromatic heterocycles. The Balaban J connectivity index is 2.80. The Morgan fingerprint density at radius 3 is 2.80 bits per heavy atom. The van der Waals surface area contributed by atoms with Gasteiger partial charge >= 0.3 is 0 Å². The standard InChI is InChI=1S/C10H12ClNO3/c11-2-1-9(14)10(15)8-3-7(6-13)4-12-5-8/h3-6,9-10,14-15H,1-2H2. The number of pyridine rings is 1. The molecule has 0 spiro atoms. The van der Waals surface area contributed by atoms with E-state index in [1.807, 2.05) is 0 Å². The van der Waals surface area contributed by atoms with Crippen molar-refractivity contribution in [2.75, 3.05) is 5.88 Å². The van der Waals surface area contributed by atoms with Gasteiger partial charge in [0.2, 0.25) is 0 Å². The van der Waals surface area contributed by atoms with Gasteiger partial charge in [0.1, 0.15) is 6.10 Å². The third kappa shape index (κ3) is 3.27. The number of hydrogen-bond acceptors (Lipinski definition) is 4. The highest BCUT2D eigenvalue weighted by Crippen LogP contribution is 2.18. The molecule has 0 radical (unpaired) electrons. The highest BCUT2D eigenvalue weighted by atomic mass is 35.5. The fraction of sp³-hybridized carbons (Fsp3) is 0.400. The molecular formula is C10H12ClNO3. The summed E-state index contributed by atoms with van der Waals surface area (Å²) < 4.78 is 0. The predicted octanol–water partition coefficient (Wildman–Crippen LogP) is 0.917. The summed E-state index contributed by atoms with van der Waals surface area (Å²) in [6, 6.07) is 1.49. The first-order valence-electron chi connectivity index (χ1n) is 4.51. The van der Waals surface area contributed by atoms with Crippen LogP contribution in [0.4, 0.5) is 0 Å². The number of aromatic nitrogens is 1. The molecule has 15 heavy (non-hydrogen) atoms. The summed E-state index contributed by atoms with van der Waals surface area (Å²) in [6.45, 7) is 0. The van der Waals surface area contributed by atoms with Gasteiger partial charge in [-0.25, -0.2) is 0 Å². The summed E-state index contributed by atoms with van der Waals surface area (Å²) in [5, 5.41) is 19.2. The van der Waals surface area contributed by atoms with Crippen molar-refractivity contribution < 1.29 is 15.0 Å². The third-order valence-corrected chi connectivity index (χ3v) is 2.25. The summed E-state index contributed by atoms with van der Waals surface area (Å²) in [4.78, 5) is 14.3. The molecule has 5 heteroatoms. The summed E-state index contributed by atoms with van der Waals surface area (Å²) in [7, 11) is 0. The Labute approximate surface area is 92.5 Å². The Morgan fingerprint density at radius 2 is 2.20 bits per heavy atom. The number of hydrogen-bond donors (Lipinski definition) is 2. The molecule has 0 fully saturated rings. The van der Waals surface area contributed by atoms with Crippen LogP contribution in [0.15, 0.2) is 18.5 Å². The van der Waals surface area contributed by atoms with Gasteiger partial charge in [-0.2, -0.15) is 0 Å². The van der Waals surface area contributed by atoms with Gasteiger partial charge in [-0.3, -0.25) is 9.78 Å². The molecule has 2 unspecified atom stereocenters. The van der Waals surface area contributed by atoms with Crippen LogP contribution in [0.2, 0.25) is 0 Å². The first kappa shape index (κ1) is 12.1. The van der Waals surface area contributed by atoms with Crippen LogP contribution in [0, 0.1) is 0 Å². The Morgan fingerprint density at radius 1 is 1.47 bits per heavy atom. The number of aliphatic hydroxyl groups excluding tert-OH is 2. The molecule has 2 N–H and O–H groups in total. The Hall–Kier alpha value is -0.970. The normalized spacial score (nSPS) is 14.6. The van der Waals surface area contributed by atoms with Crippen molar-refractivity contribution in [3.8, 4) is 0 Å². The zero-order chi connectivity index (χ0) is 11.3. The molecule has 0 aromatic carbocycles. The maximum atomic E-state index is 10.5. The minimum atomic E-state index is -1.06. The number of carbonyl (C=O) groups is 1. The van der Waals surface area contributed by atoms with Gasteiger partial charge in [0, 0.05) is 29.4 Å². The highest BCUT2D eigenvalue weighted by Gasteiger charge is 2.18. The maximum Gasteiger partial charge on any atom is 0.151 e. The molecular weight excluding hydrogens is 218 g/mol. The molecule has 0 aliphatic rings. The van der Waals surface area contributed by atoms with Crippen LogP contribution in [0.5, 0.6) is 0 Å². The molecule has 0 saturated carbocycles. The lowest BCUT2D eigenvalue weighted by molar-refractivity contribution is 0.0168. The molecule has 1 aromatic rings. The zero-order valence-electron chi connectivity index (χ0n) is 8.01. The number of carbonyl (C=O) groups excluding carboxylic acids is 1. The average Bonchev–Trinajstić information content (AvgIpc) is 2.28. The number of rotatable bonds is 5. The van der Waals surface area contributed by atoms with Gasteiger partial charge < -0.3 is 10.2 Å². The molecule has 0 amide bonds. The number of alkyl halides is 1. The molecule has 0 aliphatic heterocycles. The lowest BCUT2D eigenvalue weighted by Gasteiger charge is -2.16. The molecule has 0 saturated heterocycles. The minimum absolute atomic E-state index is 0.263. The van der Waals surface area contributed by atoms with Gasteiger partial charge in [-0.15, -0.1) is 11.6 Å². The fourth-order valence-corrected chi connectivity index (χ4v) is 1.42. The van der Waals surface area contributed by atoms with Crippen molar-refractivity contribution in [3.63, 3.8) is 0 Å². The van der Waals surface area contributed by atoms with Crippen LogP contribution in [0.1, 0.15) is 28.4 Å². The smallest absolute Gasteiger partial charge is 0.151 e. The van der Waals surface area contributed by atoms with Gasteiger partial charge in [-0.05, 0) is 12.5 Å². The van der Waals surface area contributed by atoms with Crippen molar-refractivity contribution in [1.29, 1.82) is 0 Å². The first-order chi connectivity index (χ1) is 7.19.